The fourth-order valence-corrected chi connectivity index (χ4v) is 5.77. The van der Waals surface area contributed by atoms with Crippen molar-refractivity contribution >= 4 is 25.5 Å². The Morgan fingerprint density at radius 3 is 1.88 bits per heavy atom. The van der Waals surface area contributed by atoms with Crippen LogP contribution in [0.4, 0.5) is 0 Å². The second kappa shape index (κ2) is 33.0. The van der Waals surface area contributed by atoms with Crippen LogP contribution in [0, 0.1) is 5.92 Å². The number of hydrogen-bond donors (Lipinski definition) is 3. The highest BCUT2D eigenvalue weighted by atomic mass is 31.2. The smallest absolute Gasteiger partial charge is 0.462 e. The average molecular weight is 733 g/mol. The van der Waals surface area contributed by atoms with E-state index in [-0.39, 0.29) is 25.2 Å². The first-order valence-electron chi connectivity index (χ1n) is 19.1. The minimum Gasteiger partial charge on any atom is -0.462 e. The van der Waals surface area contributed by atoms with Crippen LogP contribution < -0.4 is 0 Å². The summed E-state index contributed by atoms with van der Waals surface area (Å²) in [4.78, 5) is 46.5. The van der Waals surface area contributed by atoms with Gasteiger partial charge in [0, 0.05) is 19.3 Å². The zero-order valence-electron chi connectivity index (χ0n) is 31.3. The Labute approximate surface area is 302 Å². The monoisotopic (exact) mass is 732 g/mol. The van der Waals surface area contributed by atoms with E-state index in [1.54, 1.807) is 12.2 Å². The number of ether oxygens (including phenoxy) is 2. The third-order valence-electron chi connectivity index (χ3n) is 8.01. The number of hydrogen-bond acceptors (Lipinski definition) is 10. The van der Waals surface area contributed by atoms with Crippen molar-refractivity contribution in [3.8, 4) is 0 Å². The van der Waals surface area contributed by atoms with E-state index in [0.717, 1.165) is 76.5 Å². The Hall–Kier alpha value is -1.88. The maximum absolute atomic E-state index is 12.5. The predicted octanol–water partition coefficient (Wildman–Crippen LogP) is 8.48. The molecule has 0 radical (unpaired) electrons. The van der Waals surface area contributed by atoms with E-state index in [1.165, 1.54) is 32.1 Å². The lowest BCUT2D eigenvalue weighted by molar-refractivity contribution is -0.161. The largest absolute Gasteiger partial charge is 0.472 e. The zero-order chi connectivity index (χ0) is 37.3. The van der Waals surface area contributed by atoms with Crippen molar-refractivity contribution in [2.24, 2.45) is 5.92 Å². The highest BCUT2D eigenvalue weighted by molar-refractivity contribution is 7.47. The topological polar surface area (TPSA) is 166 Å². The van der Waals surface area contributed by atoms with Crippen molar-refractivity contribution in [3.63, 3.8) is 0 Å². The Morgan fingerprint density at radius 1 is 0.700 bits per heavy atom. The van der Waals surface area contributed by atoms with Crippen molar-refractivity contribution in [3.05, 3.63) is 24.3 Å². The fraction of sp³-hybridized carbons (Fsp3) is 0.816. The van der Waals surface area contributed by atoms with Crippen LogP contribution in [0.5, 0.6) is 0 Å². The van der Waals surface area contributed by atoms with Crippen LogP contribution in [-0.2, 0) is 37.5 Å². The molecule has 0 aliphatic heterocycles. The molecule has 0 rings (SSSR count). The molecule has 292 valence electrons. The van der Waals surface area contributed by atoms with E-state index in [0.29, 0.717) is 19.3 Å². The maximum Gasteiger partial charge on any atom is 0.472 e. The quantitative estimate of drug-likeness (QED) is 0.0188. The maximum atomic E-state index is 12.5. The normalized spacial score (nSPS) is 14.3. The van der Waals surface area contributed by atoms with Gasteiger partial charge in [-0.05, 0) is 44.1 Å². The standard InChI is InChI=1S/C38H69O11P/c1-4-5-19-25-34(40)26-21-16-12-7-6-8-14-18-23-28-38(43)49-36(32-48-50(44,45)47-30-35(41)29-39)31-46-37(42)27-22-17-13-10-9-11-15-20-24-33(2)3/h12,16,21,26,33,35-36,39,41H,4-11,13-15,17-20,22-25,27-32H2,1-3H3,(H,44,45)/b16-12-,26-21+/t35-,36+/m0/s1. The average Bonchev–Trinajstić information content (AvgIpc) is 3.08. The first kappa shape index (κ1) is 48.1. The molecule has 3 N–H and O–H groups in total. The van der Waals surface area contributed by atoms with Gasteiger partial charge >= 0.3 is 19.8 Å². The van der Waals surface area contributed by atoms with Gasteiger partial charge in [-0.1, -0.05) is 122 Å². The minimum atomic E-state index is -4.63. The molecule has 50 heavy (non-hydrogen) atoms. The van der Waals surface area contributed by atoms with Gasteiger partial charge in [0.1, 0.15) is 12.7 Å². The number of aliphatic hydroxyl groups excluding tert-OH is 2. The molecular weight excluding hydrogens is 663 g/mol. The van der Waals surface area contributed by atoms with Crippen molar-refractivity contribution < 1.29 is 52.6 Å². The SMILES string of the molecule is CCCCCC(=O)/C=C/C=C\CCCCCCCC(=O)O[C@H](COC(=O)CCCCCCCCCCC(C)C)COP(=O)(O)OC[C@@H](O)CO. The molecule has 1 unspecified atom stereocenters. The summed E-state index contributed by atoms with van der Waals surface area (Å²) in [5.74, 6) is -0.0718. The van der Waals surface area contributed by atoms with Gasteiger partial charge in [0.05, 0.1) is 19.8 Å². The van der Waals surface area contributed by atoms with E-state index in [4.69, 9.17) is 19.1 Å². The van der Waals surface area contributed by atoms with Gasteiger partial charge in [-0.15, -0.1) is 0 Å². The predicted molar refractivity (Wildman–Crippen MR) is 196 cm³/mol. The molecule has 0 aromatic rings. The molecule has 3 atom stereocenters. The molecule has 0 aliphatic rings. The van der Waals surface area contributed by atoms with Crippen molar-refractivity contribution in [2.75, 3.05) is 26.4 Å². The minimum absolute atomic E-state index is 0.134. The number of unbranched alkanes of at least 4 members (excludes halogenated alkanes) is 14. The summed E-state index contributed by atoms with van der Waals surface area (Å²) in [7, 11) is -4.63. The molecule has 0 aromatic heterocycles. The van der Waals surface area contributed by atoms with E-state index in [1.807, 2.05) is 12.2 Å². The molecular formula is C38H69O11P. The number of allylic oxidation sites excluding steroid dienone is 4. The molecule has 0 amide bonds. The lowest BCUT2D eigenvalue weighted by atomic mass is 10.0. The lowest BCUT2D eigenvalue weighted by Gasteiger charge is -2.20. The molecule has 0 aromatic carbocycles. The summed E-state index contributed by atoms with van der Waals surface area (Å²) < 4.78 is 32.5. The molecule has 11 nitrogen and oxygen atoms in total. The molecule has 0 spiro atoms. The summed E-state index contributed by atoms with van der Waals surface area (Å²) >= 11 is 0. The lowest BCUT2D eigenvalue weighted by Crippen LogP contribution is -2.29. The zero-order valence-corrected chi connectivity index (χ0v) is 32.2. The van der Waals surface area contributed by atoms with Gasteiger partial charge in [-0.2, -0.15) is 0 Å². The van der Waals surface area contributed by atoms with Crippen LogP contribution in [0.2, 0.25) is 0 Å². The van der Waals surface area contributed by atoms with Crippen LogP contribution in [0.1, 0.15) is 156 Å². The molecule has 0 bridgehead atoms. The third kappa shape index (κ3) is 33.3. The van der Waals surface area contributed by atoms with E-state index >= 15 is 0 Å². The van der Waals surface area contributed by atoms with E-state index < -0.39 is 51.8 Å². The highest BCUT2D eigenvalue weighted by Gasteiger charge is 2.27. The number of esters is 2. The Kier molecular flexibility index (Phi) is 31.7. The van der Waals surface area contributed by atoms with Crippen LogP contribution in [0.15, 0.2) is 24.3 Å². The number of phosphoric ester groups is 1. The van der Waals surface area contributed by atoms with Crippen molar-refractivity contribution in [1.82, 2.24) is 0 Å². The number of phosphoric acid groups is 1. The number of carbonyl (C=O) groups excluding carboxylic acids is 3. The van der Waals surface area contributed by atoms with Gasteiger partial charge in [-0.3, -0.25) is 23.4 Å². The highest BCUT2D eigenvalue weighted by Crippen LogP contribution is 2.43. The summed E-state index contributed by atoms with van der Waals surface area (Å²) in [6.45, 7) is 4.42. The number of aliphatic hydroxyl groups is 2. The number of rotatable bonds is 35. The van der Waals surface area contributed by atoms with Crippen LogP contribution >= 0.6 is 7.82 Å². The Morgan fingerprint density at radius 2 is 1.26 bits per heavy atom. The first-order valence-corrected chi connectivity index (χ1v) is 20.6. The summed E-state index contributed by atoms with van der Waals surface area (Å²) in [5, 5.41) is 18.3. The Bertz CT molecular complexity index is 966. The van der Waals surface area contributed by atoms with Crippen LogP contribution in [0.25, 0.3) is 0 Å². The fourth-order valence-electron chi connectivity index (χ4n) is 4.98. The van der Waals surface area contributed by atoms with Gasteiger partial charge in [0.25, 0.3) is 0 Å². The second-order valence-electron chi connectivity index (χ2n) is 13.5. The summed E-state index contributed by atoms with van der Waals surface area (Å²) in [6.07, 6.45) is 24.3. The van der Waals surface area contributed by atoms with Gasteiger partial charge in [-0.25, -0.2) is 4.57 Å². The second-order valence-corrected chi connectivity index (χ2v) is 14.9. The third-order valence-corrected chi connectivity index (χ3v) is 8.96. The molecule has 0 aliphatic carbocycles. The van der Waals surface area contributed by atoms with Crippen LogP contribution in [-0.4, -0.2) is 71.5 Å². The van der Waals surface area contributed by atoms with Crippen molar-refractivity contribution in [1.29, 1.82) is 0 Å². The van der Waals surface area contributed by atoms with Gasteiger partial charge in [0.15, 0.2) is 11.9 Å². The number of carbonyl (C=O) groups is 3. The van der Waals surface area contributed by atoms with Crippen molar-refractivity contribution in [2.45, 2.75) is 168 Å². The molecule has 0 saturated heterocycles. The molecule has 0 fully saturated rings. The summed E-state index contributed by atoms with van der Waals surface area (Å²) in [6, 6.07) is 0. The van der Waals surface area contributed by atoms with Crippen LogP contribution in [0.3, 0.4) is 0 Å². The Balaban J connectivity index is 4.44. The molecule has 0 saturated carbocycles. The first-order chi connectivity index (χ1) is 24.0. The molecule has 12 heteroatoms. The van der Waals surface area contributed by atoms with Gasteiger partial charge < -0.3 is 24.6 Å². The summed E-state index contributed by atoms with van der Waals surface area (Å²) in [5.41, 5.74) is 0. The van der Waals surface area contributed by atoms with Gasteiger partial charge in [0.2, 0.25) is 0 Å². The number of ketones is 1. The van der Waals surface area contributed by atoms with E-state index in [2.05, 4.69) is 25.3 Å². The molecule has 0 heterocycles. The van der Waals surface area contributed by atoms with E-state index in [9.17, 15) is 28.9 Å².